The molecule has 2 unspecified atom stereocenters. The van der Waals surface area contributed by atoms with Crippen molar-refractivity contribution in [3.63, 3.8) is 0 Å². The summed E-state index contributed by atoms with van der Waals surface area (Å²) in [5, 5.41) is 11.7. The number of carbonyl (C=O) groups is 3. The highest BCUT2D eigenvalue weighted by atomic mass is 16.5. The number of nitrogens with zero attached hydrogens (tertiary/aromatic N) is 1. The van der Waals surface area contributed by atoms with Crippen LogP contribution in [0, 0.1) is 5.92 Å². The molecule has 0 aromatic carbocycles. The van der Waals surface area contributed by atoms with E-state index in [4.69, 9.17) is 9.84 Å². The van der Waals surface area contributed by atoms with Crippen LogP contribution in [0.25, 0.3) is 0 Å². The number of rotatable bonds is 4. The highest BCUT2D eigenvalue weighted by Crippen LogP contribution is 2.24. The number of nitrogens with one attached hydrogen (secondary N) is 1. The molecule has 1 aliphatic carbocycles. The zero-order chi connectivity index (χ0) is 15.4. The maximum absolute atomic E-state index is 12.3. The highest BCUT2D eigenvalue weighted by molar-refractivity contribution is 5.88. The number of aliphatic carboxylic acids is 1. The van der Waals surface area contributed by atoms with Crippen molar-refractivity contribution in [2.45, 2.75) is 44.8 Å². The van der Waals surface area contributed by atoms with Crippen molar-refractivity contribution in [3.8, 4) is 0 Å². The van der Waals surface area contributed by atoms with E-state index in [2.05, 4.69) is 5.32 Å². The molecule has 1 heterocycles. The van der Waals surface area contributed by atoms with Gasteiger partial charge in [-0.2, -0.15) is 0 Å². The molecule has 1 saturated carbocycles. The van der Waals surface area contributed by atoms with E-state index in [1.54, 1.807) is 6.92 Å². The SMILES string of the molecule is CC(NC(=O)C1CCCC1)C(=O)N1CCOC(C(=O)O)C1. The van der Waals surface area contributed by atoms with Crippen LogP contribution in [0.3, 0.4) is 0 Å². The topological polar surface area (TPSA) is 95.9 Å². The van der Waals surface area contributed by atoms with Gasteiger partial charge in [0.15, 0.2) is 6.10 Å². The molecule has 2 N–H and O–H groups in total. The van der Waals surface area contributed by atoms with Crippen molar-refractivity contribution in [3.05, 3.63) is 0 Å². The van der Waals surface area contributed by atoms with Crippen molar-refractivity contribution in [2.75, 3.05) is 19.7 Å². The smallest absolute Gasteiger partial charge is 0.334 e. The Kier molecular flexibility index (Phi) is 5.17. The van der Waals surface area contributed by atoms with E-state index in [0.29, 0.717) is 6.54 Å². The van der Waals surface area contributed by atoms with E-state index in [9.17, 15) is 14.4 Å². The molecule has 0 bridgehead atoms. The molecule has 21 heavy (non-hydrogen) atoms. The molecular weight excluding hydrogens is 276 g/mol. The number of carbonyl (C=O) groups excluding carboxylic acids is 2. The first-order valence-corrected chi connectivity index (χ1v) is 7.42. The van der Waals surface area contributed by atoms with E-state index in [1.165, 1.54) is 4.90 Å². The minimum Gasteiger partial charge on any atom is -0.479 e. The van der Waals surface area contributed by atoms with Crippen molar-refractivity contribution in [1.29, 1.82) is 0 Å². The van der Waals surface area contributed by atoms with E-state index in [0.717, 1.165) is 25.7 Å². The van der Waals surface area contributed by atoms with Gasteiger partial charge in [-0.15, -0.1) is 0 Å². The maximum atomic E-state index is 12.3. The molecule has 0 aromatic heterocycles. The standard InChI is InChI=1S/C14H22N2O5/c1-9(15-12(17)10-4-2-3-5-10)13(18)16-6-7-21-11(8-16)14(19)20/h9-11H,2-8H2,1H3,(H,15,17)(H,19,20). The van der Waals surface area contributed by atoms with Gasteiger partial charge in [0.1, 0.15) is 6.04 Å². The van der Waals surface area contributed by atoms with E-state index in [1.807, 2.05) is 0 Å². The van der Waals surface area contributed by atoms with Crippen LogP contribution in [0.4, 0.5) is 0 Å². The van der Waals surface area contributed by atoms with Gasteiger partial charge in [0.25, 0.3) is 0 Å². The summed E-state index contributed by atoms with van der Waals surface area (Å²) in [5.74, 6) is -1.39. The highest BCUT2D eigenvalue weighted by Gasteiger charge is 2.32. The second-order valence-corrected chi connectivity index (χ2v) is 5.69. The van der Waals surface area contributed by atoms with Gasteiger partial charge in [-0.05, 0) is 19.8 Å². The molecule has 0 spiro atoms. The van der Waals surface area contributed by atoms with Gasteiger partial charge in [0.2, 0.25) is 11.8 Å². The molecule has 2 aliphatic rings. The number of hydrogen-bond acceptors (Lipinski definition) is 4. The van der Waals surface area contributed by atoms with Gasteiger partial charge in [-0.3, -0.25) is 9.59 Å². The van der Waals surface area contributed by atoms with Gasteiger partial charge in [0, 0.05) is 12.5 Å². The molecule has 2 atom stereocenters. The Morgan fingerprint density at radius 3 is 2.57 bits per heavy atom. The second-order valence-electron chi connectivity index (χ2n) is 5.69. The molecule has 1 saturated heterocycles. The summed E-state index contributed by atoms with van der Waals surface area (Å²) < 4.78 is 5.08. The third-order valence-corrected chi connectivity index (χ3v) is 4.11. The Hall–Kier alpha value is -1.63. The Morgan fingerprint density at radius 1 is 1.29 bits per heavy atom. The summed E-state index contributed by atoms with van der Waals surface area (Å²) in [6, 6.07) is -0.634. The molecule has 7 heteroatoms. The third kappa shape index (κ3) is 3.93. The first-order chi connectivity index (χ1) is 9.99. The monoisotopic (exact) mass is 298 g/mol. The fourth-order valence-electron chi connectivity index (χ4n) is 2.85. The van der Waals surface area contributed by atoms with Gasteiger partial charge < -0.3 is 20.1 Å². The average Bonchev–Trinajstić information content (AvgIpc) is 3.00. The van der Waals surface area contributed by atoms with Gasteiger partial charge in [-0.1, -0.05) is 12.8 Å². The summed E-state index contributed by atoms with van der Waals surface area (Å²) in [6.45, 7) is 2.22. The molecular formula is C14H22N2O5. The minimum absolute atomic E-state index is 0.0108. The molecule has 7 nitrogen and oxygen atoms in total. The molecule has 2 rings (SSSR count). The summed E-state index contributed by atoms with van der Waals surface area (Å²) >= 11 is 0. The Morgan fingerprint density at radius 2 is 1.95 bits per heavy atom. The summed E-state index contributed by atoms with van der Waals surface area (Å²) in [6.07, 6.45) is 2.89. The number of hydrogen-bond donors (Lipinski definition) is 2. The van der Waals surface area contributed by atoms with Crippen molar-refractivity contribution < 1.29 is 24.2 Å². The number of carboxylic acids is 1. The molecule has 0 aromatic rings. The summed E-state index contributed by atoms with van der Waals surface area (Å²) in [4.78, 5) is 36.7. The first kappa shape index (κ1) is 15.8. The summed E-state index contributed by atoms with van der Waals surface area (Å²) in [7, 11) is 0. The lowest BCUT2D eigenvalue weighted by Gasteiger charge is -2.33. The lowest BCUT2D eigenvalue weighted by Crippen LogP contribution is -2.54. The predicted octanol–water partition coefficient (Wildman–Crippen LogP) is -0.00670. The fraction of sp³-hybridized carbons (Fsp3) is 0.786. The van der Waals surface area contributed by atoms with Crippen LogP contribution >= 0.6 is 0 Å². The molecule has 2 fully saturated rings. The Labute approximate surface area is 123 Å². The normalized spacial score (nSPS) is 24.6. The van der Waals surface area contributed by atoms with Crippen LogP contribution in [0.15, 0.2) is 0 Å². The Balaban J connectivity index is 1.86. The van der Waals surface area contributed by atoms with Gasteiger partial charge in [0.05, 0.1) is 13.2 Å². The molecule has 2 amide bonds. The predicted molar refractivity (Wildman–Crippen MR) is 73.5 cm³/mol. The molecule has 1 aliphatic heterocycles. The van der Waals surface area contributed by atoms with E-state index in [-0.39, 0.29) is 30.9 Å². The zero-order valence-electron chi connectivity index (χ0n) is 12.2. The number of ether oxygens (including phenoxy) is 1. The quantitative estimate of drug-likeness (QED) is 0.761. The first-order valence-electron chi connectivity index (χ1n) is 7.42. The van der Waals surface area contributed by atoms with Crippen molar-refractivity contribution in [2.24, 2.45) is 5.92 Å². The lowest BCUT2D eigenvalue weighted by molar-refractivity contribution is -0.160. The minimum atomic E-state index is -1.07. The van der Waals surface area contributed by atoms with Crippen LogP contribution in [0.2, 0.25) is 0 Å². The molecule has 118 valence electrons. The average molecular weight is 298 g/mol. The van der Waals surface area contributed by atoms with Crippen LogP contribution in [0.5, 0.6) is 0 Å². The number of amides is 2. The molecule has 0 radical (unpaired) electrons. The number of carboxylic acid groups (broad SMARTS) is 1. The van der Waals surface area contributed by atoms with Gasteiger partial charge in [-0.25, -0.2) is 4.79 Å². The third-order valence-electron chi connectivity index (χ3n) is 4.11. The van der Waals surface area contributed by atoms with E-state index >= 15 is 0 Å². The Bertz CT molecular complexity index is 420. The number of morpholine rings is 1. The fourth-order valence-corrected chi connectivity index (χ4v) is 2.85. The van der Waals surface area contributed by atoms with Crippen LogP contribution in [-0.2, 0) is 19.1 Å². The van der Waals surface area contributed by atoms with Crippen molar-refractivity contribution in [1.82, 2.24) is 10.2 Å². The van der Waals surface area contributed by atoms with E-state index < -0.39 is 18.1 Å². The van der Waals surface area contributed by atoms with Crippen LogP contribution in [0.1, 0.15) is 32.6 Å². The lowest BCUT2D eigenvalue weighted by atomic mass is 10.1. The second kappa shape index (κ2) is 6.89. The maximum Gasteiger partial charge on any atom is 0.334 e. The summed E-state index contributed by atoms with van der Waals surface area (Å²) in [5.41, 5.74) is 0. The zero-order valence-corrected chi connectivity index (χ0v) is 12.2. The van der Waals surface area contributed by atoms with Crippen LogP contribution < -0.4 is 5.32 Å². The largest absolute Gasteiger partial charge is 0.479 e. The van der Waals surface area contributed by atoms with Crippen LogP contribution in [-0.4, -0.2) is 59.6 Å². The van der Waals surface area contributed by atoms with Gasteiger partial charge >= 0.3 is 5.97 Å². The van der Waals surface area contributed by atoms with Crippen molar-refractivity contribution >= 4 is 17.8 Å².